The summed E-state index contributed by atoms with van der Waals surface area (Å²) in [5.74, 6) is 1.71. The van der Waals surface area contributed by atoms with Gasteiger partial charge in [0.25, 0.3) is 0 Å². The molecule has 3 heterocycles. The van der Waals surface area contributed by atoms with Crippen LogP contribution in [-0.4, -0.2) is 24.6 Å². The van der Waals surface area contributed by atoms with Gasteiger partial charge in [-0.3, -0.25) is 0 Å². The molecular weight excluding hydrogens is 421 g/mol. The average Bonchev–Trinajstić information content (AvgIpc) is 3.38. The van der Waals surface area contributed by atoms with E-state index in [1.807, 2.05) is 36.6 Å². The van der Waals surface area contributed by atoms with Crippen LogP contribution in [0.2, 0.25) is 0 Å². The van der Waals surface area contributed by atoms with Gasteiger partial charge in [0.05, 0.1) is 11.2 Å². The Hall–Kier alpha value is -3.04. The first kappa shape index (κ1) is 19.0. The molecule has 5 aromatic rings. The number of hydrogen-bond acceptors (Lipinski definition) is 7. The number of halogens is 1. The summed E-state index contributed by atoms with van der Waals surface area (Å²) in [6.45, 7) is 2.23. The fourth-order valence-corrected chi connectivity index (χ4v) is 4.67. The van der Waals surface area contributed by atoms with E-state index in [-0.39, 0.29) is 5.82 Å². The summed E-state index contributed by atoms with van der Waals surface area (Å²) < 4.78 is 20.5. The molecule has 0 saturated heterocycles. The van der Waals surface area contributed by atoms with E-state index in [0.29, 0.717) is 23.9 Å². The Morgan fingerprint density at radius 2 is 1.90 bits per heavy atom. The smallest absolute Gasteiger partial charge is 0.191 e. The third-order valence-corrected chi connectivity index (χ3v) is 6.21. The van der Waals surface area contributed by atoms with Crippen LogP contribution in [0, 0.1) is 12.7 Å². The van der Waals surface area contributed by atoms with Crippen LogP contribution < -0.4 is 4.74 Å². The lowest BCUT2D eigenvalue weighted by molar-refractivity contribution is 0.305. The number of para-hydroxylation sites is 1. The van der Waals surface area contributed by atoms with Gasteiger partial charge in [0.2, 0.25) is 0 Å². The van der Waals surface area contributed by atoms with Gasteiger partial charge >= 0.3 is 0 Å². The summed E-state index contributed by atoms with van der Waals surface area (Å²) in [7, 11) is 0. The summed E-state index contributed by atoms with van der Waals surface area (Å²) in [6.07, 6.45) is 0. The molecule has 9 heteroatoms. The minimum atomic E-state index is -0.283. The minimum absolute atomic E-state index is 0.283. The molecule has 2 aromatic carbocycles. The topological polar surface area (TPSA) is 65.2 Å². The average molecular weight is 438 g/mol. The molecular formula is C21H16FN5OS2. The number of thiazole rings is 1. The zero-order chi connectivity index (χ0) is 20.5. The Morgan fingerprint density at radius 1 is 1.07 bits per heavy atom. The molecule has 0 saturated carbocycles. The molecule has 0 aliphatic rings. The second kappa shape index (κ2) is 8.00. The van der Waals surface area contributed by atoms with Crippen LogP contribution in [0.4, 0.5) is 4.39 Å². The first-order valence-electron chi connectivity index (χ1n) is 9.22. The zero-order valence-corrected chi connectivity index (χ0v) is 17.6. The molecule has 0 unspecified atom stereocenters. The number of hydrogen-bond donors (Lipinski definition) is 0. The highest BCUT2D eigenvalue weighted by molar-refractivity contribution is 7.98. The van der Waals surface area contributed by atoms with Crippen molar-refractivity contribution >= 4 is 39.6 Å². The maximum Gasteiger partial charge on any atom is 0.191 e. The molecule has 6 nitrogen and oxygen atoms in total. The lowest BCUT2D eigenvalue weighted by Gasteiger charge is -2.05. The maximum absolute atomic E-state index is 13.0. The highest BCUT2D eigenvalue weighted by atomic mass is 32.2. The number of aryl methyl sites for hydroxylation is 1. The van der Waals surface area contributed by atoms with Crippen LogP contribution in [0.25, 0.3) is 16.6 Å². The van der Waals surface area contributed by atoms with Crippen molar-refractivity contribution in [2.24, 2.45) is 0 Å². The number of benzene rings is 2. The van der Waals surface area contributed by atoms with Crippen molar-refractivity contribution < 1.29 is 9.13 Å². The van der Waals surface area contributed by atoms with Crippen LogP contribution in [0.15, 0.2) is 59.1 Å². The largest absolute Gasteiger partial charge is 0.486 e. The molecule has 0 bridgehead atoms. The van der Waals surface area contributed by atoms with Crippen LogP contribution >= 0.6 is 23.1 Å². The van der Waals surface area contributed by atoms with Crippen molar-refractivity contribution in [3.63, 3.8) is 0 Å². The van der Waals surface area contributed by atoms with E-state index in [9.17, 15) is 4.39 Å². The van der Waals surface area contributed by atoms with Crippen LogP contribution in [0.1, 0.15) is 16.5 Å². The van der Waals surface area contributed by atoms with Gasteiger partial charge in [0.1, 0.15) is 29.0 Å². The Bertz CT molecular complexity index is 1330. The molecule has 0 fully saturated rings. The number of aromatic nitrogens is 5. The molecule has 3 aromatic heterocycles. The number of ether oxygens (including phenoxy) is 1. The molecule has 0 atom stereocenters. The Labute approximate surface area is 179 Å². The van der Waals surface area contributed by atoms with Gasteiger partial charge in [-0.2, -0.15) is 4.52 Å². The van der Waals surface area contributed by atoms with E-state index >= 15 is 0 Å². The molecule has 0 amide bonds. The van der Waals surface area contributed by atoms with Crippen molar-refractivity contribution in [1.29, 1.82) is 0 Å². The molecule has 0 radical (unpaired) electrons. The summed E-state index contributed by atoms with van der Waals surface area (Å²) in [5, 5.41) is 9.15. The third kappa shape index (κ3) is 3.86. The first-order chi connectivity index (χ1) is 14.7. The van der Waals surface area contributed by atoms with Crippen molar-refractivity contribution in [2.75, 3.05) is 0 Å². The van der Waals surface area contributed by atoms with Crippen LogP contribution in [0.3, 0.4) is 0 Å². The third-order valence-electron chi connectivity index (χ3n) is 4.38. The van der Waals surface area contributed by atoms with Gasteiger partial charge < -0.3 is 4.74 Å². The van der Waals surface area contributed by atoms with E-state index in [1.165, 1.54) is 23.5 Å². The number of nitrogens with zero attached hydrogens (tertiary/aromatic N) is 5. The van der Waals surface area contributed by atoms with Gasteiger partial charge in [-0.15, -0.1) is 16.4 Å². The van der Waals surface area contributed by atoms with E-state index in [2.05, 4.69) is 15.1 Å². The normalized spacial score (nSPS) is 11.4. The highest BCUT2D eigenvalue weighted by Gasteiger charge is 2.13. The first-order valence-corrected chi connectivity index (χ1v) is 11.1. The summed E-state index contributed by atoms with van der Waals surface area (Å²) in [6, 6.07) is 13.9. The molecule has 0 aliphatic carbocycles. The fourth-order valence-electron chi connectivity index (χ4n) is 3.02. The van der Waals surface area contributed by atoms with E-state index in [0.717, 1.165) is 32.4 Å². The van der Waals surface area contributed by atoms with E-state index in [1.54, 1.807) is 28.4 Å². The number of fused-ring (bicyclic) bond motifs is 3. The number of rotatable bonds is 6. The molecule has 0 N–H and O–H groups in total. The zero-order valence-electron chi connectivity index (χ0n) is 15.9. The van der Waals surface area contributed by atoms with Crippen LogP contribution in [0.5, 0.6) is 5.75 Å². The van der Waals surface area contributed by atoms with Crippen LogP contribution in [-0.2, 0) is 12.4 Å². The van der Waals surface area contributed by atoms with Crippen molar-refractivity contribution in [3.05, 3.63) is 76.3 Å². The van der Waals surface area contributed by atoms with Gasteiger partial charge in [-0.05, 0) is 43.3 Å². The monoisotopic (exact) mass is 437 g/mol. The lowest BCUT2D eigenvalue weighted by atomic mass is 10.2. The van der Waals surface area contributed by atoms with Gasteiger partial charge in [0.15, 0.2) is 10.8 Å². The summed E-state index contributed by atoms with van der Waals surface area (Å²) in [5.41, 5.74) is 2.65. The second-order valence-electron chi connectivity index (χ2n) is 6.57. The quantitative estimate of drug-likeness (QED) is 0.274. The predicted octanol–water partition coefficient (Wildman–Crippen LogP) is 5.05. The number of thioether (sulfide) groups is 1. The van der Waals surface area contributed by atoms with Crippen molar-refractivity contribution in [1.82, 2.24) is 24.6 Å². The van der Waals surface area contributed by atoms with Gasteiger partial charge in [0, 0.05) is 16.5 Å². The van der Waals surface area contributed by atoms with Crippen molar-refractivity contribution in [2.45, 2.75) is 24.4 Å². The predicted molar refractivity (Wildman–Crippen MR) is 115 cm³/mol. The summed E-state index contributed by atoms with van der Waals surface area (Å²) in [4.78, 5) is 14.0. The molecule has 0 spiro atoms. The van der Waals surface area contributed by atoms with E-state index < -0.39 is 0 Å². The molecule has 150 valence electrons. The van der Waals surface area contributed by atoms with Gasteiger partial charge in [-0.25, -0.2) is 19.3 Å². The Balaban J connectivity index is 1.31. The van der Waals surface area contributed by atoms with E-state index in [4.69, 9.17) is 9.72 Å². The Kier molecular flexibility index (Phi) is 5.06. The maximum atomic E-state index is 13.0. The minimum Gasteiger partial charge on any atom is -0.486 e. The molecule has 5 rings (SSSR count). The highest BCUT2D eigenvalue weighted by Crippen LogP contribution is 2.27. The summed E-state index contributed by atoms with van der Waals surface area (Å²) >= 11 is 3.11. The van der Waals surface area contributed by atoms with Gasteiger partial charge in [-0.1, -0.05) is 23.9 Å². The SMILES string of the molecule is Cc1nc2c3ccccc3nc(SCc3csc(COc4ccc(F)cc4)n3)n2n1. The molecule has 30 heavy (non-hydrogen) atoms. The fraction of sp³-hybridized carbons (Fsp3) is 0.143. The standard InChI is InChI=1S/C21H16FN5OS2/c1-13-23-20-17-4-2-3-5-18(17)25-21(27(20)26-13)30-12-15-11-29-19(24-15)10-28-16-8-6-14(22)7-9-16/h2-9,11H,10,12H2,1H3. The Morgan fingerprint density at radius 3 is 2.77 bits per heavy atom. The molecule has 0 aliphatic heterocycles. The second-order valence-corrected chi connectivity index (χ2v) is 8.45. The van der Waals surface area contributed by atoms with Crippen molar-refractivity contribution in [3.8, 4) is 5.75 Å². The lowest BCUT2D eigenvalue weighted by Crippen LogP contribution is -1.99.